The van der Waals surface area contributed by atoms with Crippen molar-refractivity contribution in [3.05, 3.63) is 35.3 Å². The van der Waals surface area contributed by atoms with Crippen LogP contribution in [-0.4, -0.2) is 30.5 Å². The Kier molecular flexibility index (Phi) is 3.68. The van der Waals surface area contributed by atoms with Gasteiger partial charge in [0.05, 0.1) is 23.6 Å². The van der Waals surface area contributed by atoms with Gasteiger partial charge >= 0.3 is 0 Å². The topological polar surface area (TPSA) is 90.5 Å². The number of H-pyrrole nitrogens is 2. The molecule has 282 valence electrons. The Balaban J connectivity index is -0.00000000140. The molecule has 1 aliphatic carbocycles. The van der Waals surface area contributed by atoms with Gasteiger partial charge in [-0.1, -0.05) is 0 Å². The average molecular weight is 509 g/mol. The summed E-state index contributed by atoms with van der Waals surface area (Å²) in [7, 11) is 0. The molecule has 1 aliphatic rings. The summed E-state index contributed by atoms with van der Waals surface area (Å²) >= 11 is 0. The predicted octanol–water partition coefficient (Wildman–Crippen LogP) is 22.4. The minimum Gasteiger partial charge on any atom is -0.506 e. The van der Waals surface area contributed by atoms with E-state index in [2.05, 4.69) is 20.4 Å². The molecule has 0 aliphatic heterocycles. The molecule has 0 atom stereocenters. The monoisotopic (exact) mass is 508 g/mol. The highest BCUT2D eigenvalue weighted by atomic mass is 32.1. The fourth-order valence-corrected chi connectivity index (χ4v) is 3.92. The largest absolute Gasteiger partial charge is 0.506 e. The molecule has 1 aromatic carbocycles. The van der Waals surface area contributed by atoms with Gasteiger partial charge in [-0.15, -0.1) is 0 Å². The van der Waals surface area contributed by atoms with Crippen LogP contribution in [0.5, 0.6) is 5.75 Å². The molecular weight excluding hydrogens is 334 g/mol. The molecule has 0 spiro atoms. The van der Waals surface area contributed by atoms with Gasteiger partial charge in [-0.3, -0.25) is 10.2 Å². The van der Waals surface area contributed by atoms with Crippen molar-refractivity contribution in [1.29, 1.82) is 0 Å². The third kappa shape index (κ3) is 2.22. The van der Waals surface area contributed by atoms with Crippen molar-refractivity contribution in [3.8, 4) is 17.0 Å². The highest BCUT2D eigenvalue weighted by Crippen LogP contribution is 2.41. The first kappa shape index (κ1) is 16.0. The molecule has 0 fully saturated rings. The second kappa shape index (κ2) is 5.77. The standard InChI is InChI=1S/C18H17N5O.H2S.77H2/c1-9-12(7-19-22-9)17-11-5-3-2-4-10(11)16-13-8-20-23-14(13)6-15(24)18(16)21-17;;;;;;;;;;;;;;;;;;;;;;;;;;;;;;;;;;;;;;;;;;;;;;;;;;;;;;;;;;;;;;;;;;;;;;;;;;;;;;/h6-8,24H,2-5H2,1H3,(H,19,22)(H,20,23);1H2;77*1H. The van der Waals surface area contributed by atoms with Crippen LogP contribution in [0.1, 0.15) is 140 Å². The predicted molar refractivity (Wildman–Crippen MR) is 265 cm³/mol. The number of phenols is 1. The lowest BCUT2D eigenvalue weighted by atomic mass is 9.85. The Bertz CT molecular complexity index is 1180. The number of hydrogen-bond acceptors (Lipinski definition) is 4. The second-order valence-corrected chi connectivity index (χ2v) is 6.48. The number of nitrogens with one attached hydrogen (secondary N) is 2. The zero-order valence-electron chi connectivity index (χ0n) is 13.8. The summed E-state index contributed by atoms with van der Waals surface area (Å²) in [4.78, 5) is 4.87. The normalized spacial score (nSPS) is 13.8. The SMILES string of the molecule is Cc1[nH]ncc1-c1nc2c(O)cc3[nH]ncc3c2c2c1CCCC2.S.[HH].[HH].[HH].[HH].[HH].[HH].[HH].[HH].[HH].[HH].[HH].[HH].[HH].[HH].[HH].[HH].[HH].[HH].[HH].[HH].[HH].[HH].[HH].[HH].[HH].[HH].[HH].[HH].[HH].[HH].[HH].[HH].[HH].[HH].[HH].[HH].[HH].[HH].[HH].[HH].[HH].[HH].[HH].[HH].[HH].[HH].[HH].[HH].[HH].[HH].[HH].[HH].[HH].[HH].[HH].[HH].[HH].[HH].[HH].[HH].[HH].[HH].[HH].[HH].[HH].[HH].[HH].[HH].[HH].[HH].[HH].[HH].[HH].[HH].[HH].[HH].[HH]. The van der Waals surface area contributed by atoms with E-state index in [4.69, 9.17) is 4.98 Å². The number of rotatable bonds is 1. The van der Waals surface area contributed by atoms with Crippen LogP contribution in [0.25, 0.3) is 33.1 Å². The number of aromatic nitrogens is 5. The maximum Gasteiger partial charge on any atom is 0.144 e. The lowest BCUT2D eigenvalue weighted by Gasteiger charge is -2.21. The number of aromatic amines is 2. The molecule has 0 saturated heterocycles. The summed E-state index contributed by atoms with van der Waals surface area (Å²) < 4.78 is 0. The third-order valence-electron chi connectivity index (χ3n) is 5.06. The fraction of sp³-hybridized carbons (Fsp3) is 0.278. The summed E-state index contributed by atoms with van der Waals surface area (Å²) in [5, 5.41) is 26.9. The maximum atomic E-state index is 10.5. The molecule has 0 bridgehead atoms. The zero-order chi connectivity index (χ0) is 16.3. The number of aryl methyl sites for hydroxylation is 2. The van der Waals surface area contributed by atoms with Crippen LogP contribution in [-0.2, 0) is 12.8 Å². The lowest BCUT2D eigenvalue weighted by Crippen LogP contribution is -2.08. The van der Waals surface area contributed by atoms with Crippen LogP contribution in [0, 0.1) is 6.92 Å². The molecule has 0 amide bonds. The van der Waals surface area contributed by atoms with Crippen LogP contribution in [0.15, 0.2) is 18.5 Å². The molecule has 3 aromatic heterocycles. The van der Waals surface area contributed by atoms with Crippen LogP contribution < -0.4 is 0 Å². The number of fused-ring (bicyclic) bond motifs is 5. The Morgan fingerprint density at radius 2 is 1.84 bits per heavy atom. The fourth-order valence-electron chi connectivity index (χ4n) is 3.92. The highest BCUT2D eigenvalue weighted by Gasteiger charge is 2.23. The van der Waals surface area contributed by atoms with Gasteiger partial charge in [0.2, 0.25) is 0 Å². The number of hydrogen-bond donors (Lipinski definition) is 3. The molecule has 25 heavy (non-hydrogen) atoms. The molecule has 3 N–H and O–H groups in total. The van der Waals surface area contributed by atoms with Gasteiger partial charge in [-0.25, -0.2) is 4.98 Å². The molecule has 6 nitrogen and oxygen atoms in total. The number of aromatic hydroxyl groups is 1. The van der Waals surface area contributed by atoms with Crippen molar-refractivity contribution >= 4 is 35.3 Å². The molecule has 0 saturated carbocycles. The summed E-state index contributed by atoms with van der Waals surface area (Å²) in [5.41, 5.74) is 7.04. The number of nitrogens with zero attached hydrogens (tertiary/aromatic N) is 3. The van der Waals surface area contributed by atoms with Gasteiger partial charge in [0.1, 0.15) is 11.3 Å². The Hall–Kier alpha value is -2.54. The smallest absolute Gasteiger partial charge is 0.144 e. The van der Waals surface area contributed by atoms with Gasteiger partial charge in [-0.2, -0.15) is 23.7 Å². The van der Waals surface area contributed by atoms with E-state index in [9.17, 15) is 5.11 Å². The molecule has 5 rings (SSSR count). The minimum atomic E-state index is 0. The Morgan fingerprint density at radius 3 is 2.60 bits per heavy atom. The molecule has 0 radical (unpaired) electrons. The first-order valence-corrected chi connectivity index (χ1v) is 8.25. The van der Waals surface area contributed by atoms with Crippen molar-refractivity contribution in [2.75, 3.05) is 0 Å². The van der Waals surface area contributed by atoms with Crippen molar-refractivity contribution in [2.24, 2.45) is 0 Å². The summed E-state index contributed by atoms with van der Waals surface area (Å²) in [6, 6.07) is 1.71. The van der Waals surface area contributed by atoms with E-state index in [1.807, 2.05) is 19.3 Å². The summed E-state index contributed by atoms with van der Waals surface area (Å²) in [6.07, 6.45) is 7.99. The Morgan fingerprint density at radius 1 is 1.08 bits per heavy atom. The van der Waals surface area contributed by atoms with Gasteiger partial charge in [0.15, 0.2) is 0 Å². The molecular formula is C18H173N5OS. The van der Waals surface area contributed by atoms with Crippen molar-refractivity contribution < 1.29 is 115 Å². The second-order valence-electron chi connectivity index (χ2n) is 6.48. The minimum absolute atomic E-state index is 0. The van der Waals surface area contributed by atoms with Gasteiger partial charge in [-0.05, 0) is 43.7 Å². The number of phenolic OH excluding ortho intramolecular Hbond substituents is 1. The summed E-state index contributed by atoms with van der Waals surface area (Å²) in [6.45, 7) is 2.00. The summed E-state index contributed by atoms with van der Waals surface area (Å²) in [5.74, 6) is 0.192. The van der Waals surface area contributed by atoms with Gasteiger partial charge < -0.3 is 5.11 Å². The van der Waals surface area contributed by atoms with E-state index in [-0.39, 0.29) is 129 Å². The zero-order valence-corrected chi connectivity index (χ0v) is 14.8. The third-order valence-corrected chi connectivity index (χ3v) is 5.06. The first-order chi connectivity index (χ1) is 11.7. The van der Waals surface area contributed by atoms with Crippen molar-refractivity contribution in [2.45, 2.75) is 32.6 Å². The van der Waals surface area contributed by atoms with E-state index in [0.29, 0.717) is 5.52 Å². The molecule has 4 aromatic rings. The van der Waals surface area contributed by atoms with Crippen molar-refractivity contribution in [3.63, 3.8) is 0 Å². The number of benzene rings is 1. The van der Waals surface area contributed by atoms with Crippen LogP contribution in [0.2, 0.25) is 0 Å². The van der Waals surface area contributed by atoms with Crippen LogP contribution in [0.4, 0.5) is 0 Å². The molecule has 7 heteroatoms. The van der Waals surface area contributed by atoms with E-state index in [1.54, 1.807) is 6.07 Å². The number of pyridine rings is 1. The van der Waals surface area contributed by atoms with Crippen LogP contribution >= 0.6 is 13.5 Å². The highest BCUT2D eigenvalue weighted by molar-refractivity contribution is 7.59. The van der Waals surface area contributed by atoms with Gasteiger partial charge in [0.25, 0.3) is 0 Å². The van der Waals surface area contributed by atoms with E-state index >= 15 is 0 Å². The van der Waals surface area contributed by atoms with Crippen LogP contribution in [0.3, 0.4) is 0 Å². The molecule has 0 unspecified atom stereocenters. The van der Waals surface area contributed by atoms with Gasteiger partial charge in [0, 0.05) is 138 Å². The van der Waals surface area contributed by atoms with Crippen molar-refractivity contribution in [1.82, 2.24) is 25.4 Å². The lowest BCUT2D eigenvalue weighted by molar-refractivity contribution is 0.481. The quantitative estimate of drug-likeness (QED) is 0.238. The van der Waals surface area contributed by atoms with E-state index in [1.165, 1.54) is 11.1 Å². The molecule has 3 heterocycles. The first-order valence-electron chi connectivity index (χ1n) is 8.25. The average Bonchev–Trinajstić information content (AvgIpc) is 3.22. The Labute approximate surface area is 265 Å². The van der Waals surface area contributed by atoms with E-state index in [0.717, 1.165) is 58.9 Å². The van der Waals surface area contributed by atoms with E-state index < -0.39 is 0 Å². The maximum absolute atomic E-state index is 10.5.